The lowest BCUT2D eigenvalue weighted by molar-refractivity contribution is -0.141. The first-order valence-electron chi connectivity index (χ1n) is 5.17. The van der Waals surface area contributed by atoms with E-state index in [4.69, 9.17) is 4.74 Å². The maximum Gasteiger partial charge on any atom is 0.309 e. The summed E-state index contributed by atoms with van der Waals surface area (Å²) in [6.45, 7) is 0.601. The first kappa shape index (κ1) is 10.7. The fourth-order valence-corrected chi connectivity index (χ4v) is 2.06. The van der Waals surface area contributed by atoms with Crippen LogP contribution in [0, 0.1) is 5.92 Å². The minimum Gasteiger partial charge on any atom is -0.465 e. The Labute approximate surface area is 97.8 Å². The van der Waals surface area contributed by atoms with Crippen LogP contribution >= 0.6 is 15.9 Å². The van der Waals surface area contributed by atoms with Gasteiger partial charge in [0.15, 0.2) is 0 Å². The third-order valence-corrected chi connectivity index (χ3v) is 3.27. The van der Waals surface area contributed by atoms with Crippen molar-refractivity contribution in [1.29, 1.82) is 0 Å². The molecule has 1 heterocycles. The fraction of sp³-hybridized carbons (Fsp3) is 0.417. The minimum absolute atomic E-state index is 0.0212. The topological polar surface area (TPSA) is 26.3 Å². The first-order valence-corrected chi connectivity index (χ1v) is 5.96. The van der Waals surface area contributed by atoms with E-state index in [1.165, 1.54) is 5.56 Å². The Morgan fingerprint density at radius 2 is 2.07 bits per heavy atom. The molecule has 0 amide bonds. The van der Waals surface area contributed by atoms with Crippen molar-refractivity contribution >= 4 is 21.9 Å². The second kappa shape index (κ2) is 4.79. The van der Waals surface area contributed by atoms with Gasteiger partial charge < -0.3 is 4.74 Å². The highest BCUT2D eigenvalue weighted by atomic mass is 79.9. The van der Waals surface area contributed by atoms with Crippen molar-refractivity contribution < 1.29 is 9.53 Å². The van der Waals surface area contributed by atoms with E-state index >= 15 is 0 Å². The monoisotopic (exact) mass is 268 g/mol. The Kier molecular flexibility index (Phi) is 3.41. The lowest BCUT2D eigenvalue weighted by atomic mass is 9.98. The zero-order valence-corrected chi connectivity index (χ0v) is 10.00. The van der Waals surface area contributed by atoms with E-state index < -0.39 is 0 Å². The zero-order chi connectivity index (χ0) is 10.7. The first-order chi connectivity index (χ1) is 7.25. The van der Waals surface area contributed by atoms with Crippen molar-refractivity contribution in [1.82, 2.24) is 0 Å². The summed E-state index contributed by atoms with van der Waals surface area (Å²) in [7, 11) is 0. The van der Waals surface area contributed by atoms with Gasteiger partial charge in [-0.25, -0.2) is 0 Å². The van der Waals surface area contributed by atoms with Crippen LogP contribution in [-0.2, 0) is 16.0 Å². The van der Waals surface area contributed by atoms with Gasteiger partial charge in [0.25, 0.3) is 0 Å². The highest BCUT2D eigenvalue weighted by Gasteiger charge is 2.25. The van der Waals surface area contributed by atoms with Crippen molar-refractivity contribution in [2.75, 3.05) is 6.61 Å². The van der Waals surface area contributed by atoms with Crippen molar-refractivity contribution in [2.45, 2.75) is 19.3 Å². The Bertz CT molecular complexity index is 345. The molecule has 0 radical (unpaired) electrons. The molecule has 1 atom stereocenters. The van der Waals surface area contributed by atoms with E-state index in [2.05, 4.69) is 28.1 Å². The summed E-state index contributed by atoms with van der Waals surface area (Å²) in [6.07, 6.45) is 2.74. The van der Waals surface area contributed by atoms with Crippen LogP contribution in [0.4, 0.5) is 0 Å². The number of benzene rings is 1. The lowest BCUT2D eigenvalue weighted by Crippen LogP contribution is -2.08. The summed E-state index contributed by atoms with van der Waals surface area (Å²) >= 11 is 3.40. The van der Waals surface area contributed by atoms with E-state index in [9.17, 15) is 4.79 Å². The van der Waals surface area contributed by atoms with Crippen LogP contribution in [0.3, 0.4) is 0 Å². The summed E-state index contributed by atoms with van der Waals surface area (Å²) in [5.41, 5.74) is 1.28. The standard InChI is InChI=1S/C12H13BrO2/c13-11-5-2-9(3-6-11)1-4-10-7-8-15-12(10)14/h2-3,5-6,10H,1,4,7-8H2. The van der Waals surface area contributed by atoms with E-state index in [0.717, 1.165) is 23.7 Å². The molecule has 1 aliphatic heterocycles. The zero-order valence-electron chi connectivity index (χ0n) is 8.41. The number of halogens is 1. The molecule has 15 heavy (non-hydrogen) atoms. The third kappa shape index (κ3) is 2.81. The Morgan fingerprint density at radius 1 is 1.33 bits per heavy atom. The second-order valence-corrected chi connectivity index (χ2v) is 4.73. The predicted molar refractivity (Wildman–Crippen MR) is 61.5 cm³/mol. The number of carbonyl (C=O) groups excluding carboxylic acids is 1. The van der Waals surface area contributed by atoms with Gasteiger partial charge in [0.1, 0.15) is 0 Å². The largest absolute Gasteiger partial charge is 0.465 e. The van der Waals surface area contributed by atoms with Crippen molar-refractivity contribution in [3.63, 3.8) is 0 Å². The van der Waals surface area contributed by atoms with Gasteiger partial charge in [-0.2, -0.15) is 0 Å². The van der Waals surface area contributed by atoms with Gasteiger partial charge in [0.05, 0.1) is 12.5 Å². The van der Waals surface area contributed by atoms with Crippen LogP contribution in [0.2, 0.25) is 0 Å². The second-order valence-electron chi connectivity index (χ2n) is 3.82. The highest BCUT2D eigenvalue weighted by molar-refractivity contribution is 9.10. The molecule has 1 fully saturated rings. The molecule has 1 saturated heterocycles. The number of rotatable bonds is 3. The van der Waals surface area contributed by atoms with Crippen LogP contribution in [-0.4, -0.2) is 12.6 Å². The molecule has 0 N–H and O–H groups in total. The van der Waals surface area contributed by atoms with Crippen LogP contribution in [0.15, 0.2) is 28.7 Å². The highest BCUT2D eigenvalue weighted by Crippen LogP contribution is 2.21. The number of ether oxygens (including phenoxy) is 1. The Hall–Kier alpha value is -0.830. The molecule has 3 heteroatoms. The molecule has 1 aromatic carbocycles. The molecule has 2 nitrogen and oxygen atoms in total. The Balaban J connectivity index is 1.87. The van der Waals surface area contributed by atoms with Gasteiger partial charge in [-0.15, -0.1) is 0 Å². The molecule has 0 spiro atoms. The average molecular weight is 269 g/mol. The number of aryl methyl sites for hydroxylation is 1. The molecule has 0 saturated carbocycles. The van der Waals surface area contributed by atoms with Crippen LogP contribution in [0.25, 0.3) is 0 Å². The molecule has 2 rings (SSSR count). The molecular formula is C12H13BrO2. The van der Waals surface area contributed by atoms with Gasteiger partial charge in [0.2, 0.25) is 0 Å². The maximum absolute atomic E-state index is 11.2. The van der Waals surface area contributed by atoms with Crippen LogP contribution in [0.1, 0.15) is 18.4 Å². The van der Waals surface area contributed by atoms with Crippen molar-refractivity contribution in [2.24, 2.45) is 5.92 Å². The summed E-state index contributed by atoms with van der Waals surface area (Å²) in [5.74, 6) is 0.0979. The van der Waals surface area contributed by atoms with Crippen LogP contribution in [0.5, 0.6) is 0 Å². The Morgan fingerprint density at radius 3 is 2.67 bits per heavy atom. The van der Waals surface area contributed by atoms with Gasteiger partial charge in [-0.1, -0.05) is 28.1 Å². The lowest BCUT2D eigenvalue weighted by Gasteiger charge is -2.05. The summed E-state index contributed by atoms with van der Waals surface area (Å²) < 4.78 is 6.02. The molecule has 0 bridgehead atoms. The molecule has 1 aromatic rings. The molecule has 1 unspecified atom stereocenters. The average Bonchev–Trinajstić information content (AvgIpc) is 2.63. The number of cyclic esters (lactones) is 1. The van der Waals surface area contributed by atoms with E-state index in [-0.39, 0.29) is 11.9 Å². The molecule has 1 aliphatic rings. The number of carbonyl (C=O) groups is 1. The van der Waals surface area contributed by atoms with Gasteiger partial charge in [-0.3, -0.25) is 4.79 Å². The predicted octanol–water partition coefficient (Wildman–Crippen LogP) is 2.94. The summed E-state index contributed by atoms with van der Waals surface area (Å²) in [6, 6.07) is 8.24. The van der Waals surface area contributed by atoms with Crippen molar-refractivity contribution in [3.05, 3.63) is 34.3 Å². The number of hydrogen-bond donors (Lipinski definition) is 0. The quantitative estimate of drug-likeness (QED) is 0.788. The van der Waals surface area contributed by atoms with Gasteiger partial charge in [0, 0.05) is 4.47 Å². The maximum atomic E-state index is 11.2. The van der Waals surface area contributed by atoms with E-state index in [1.54, 1.807) is 0 Å². The van der Waals surface area contributed by atoms with E-state index in [0.29, 0.717) is 6.61 Å². The number of hydrogen-bond acceptors (Lipinski definition) is 2. The van der Waals surface area contributed by atoms with E-state index in [1.807, 2.05) is 12.1 Å². The molecule has 0 aliphatic carbocycles. The fourth-order valence-electron chi connectivity index (χ4n) is 1.79. The SMILES string of the molecule is O=C1OCCC1CCc1ccc(Br)cc1. The molecular weight excluding hydrogens is 256 g/mol. The molecule has 80 valence electrons. The summed E-state index contributed by atoms with van der Waals surface area (Å²) in [4.78, 5) is 11.2. The molecule has 0 aromatic heterocycles. The summed E-state index contributed by atoms with van der Waals surface area (Å²) in [5, 5.41) is 0. The van der Waals surface area contributed by atoms with Gasteiger partial charge >= 0.3 is 5.97 Å². The normalized spacial score (nSPS) is 20.3. The van der Waals surface area contributed by atoms with Crippen molar-refractivity contribution in [3.8, 4) is 0 Å². The number of esters is 1. The smallest absolute Gasteiger partial charge is 0.309 e. The third-order valence-electron chi connectivity index (χ3n) is 2.74. The minimum atomic E-state index is -0.0212. The van der Waals surface area contributed by atoms with Crippen LogP contribution < -0.4 is 0 Å². The van der Waals surface area contributed by atoms with Gasteiger partial charge in [-0.05, 0) is 37.0 Å².